The van der Waals surface area contributed by atoms with Crippen LogP contribution in [0.5, 0.6) is 0 Å². The van der Waals surface area contributed by atoms with Gasteiger partial charge in [0.2, 0.25) is 0 Å². The van der Waals surface area contributed by atoms with Crippen molar-refractivity contribution in [3.8, 4) is 0 Å². The first-order chi connectivity index (χ1) is 7.93. The lowest BCUT2D eigenvalue weighted by atomic mass is 10.4. The lowest BCUT2D eigenvalue weighted by Crippen LogP contribution is -2.40. The number of nitrogens with two attached hydrogens (primary N) is 1. The van der Waals surface area contributed by atoms with Gasteiger partial charge in [-0.1, -0.05) is 6.92 Å². The Morgan fingerprint density at radius 2 is 2.24 bits per heavy atom. The van der Waals surface area contributed by atoms with Crippen molar-refractivity contribution < 1.29 is 13.2 Å². The van der Waals surface area contributed by atoms with E-state index in [4.69, 9.17) is 10.5 Å². The molecule has 0 saturated carbocycles. The molecule has 1 aromatic heterocycles. The van der Waals surface area contributed by atoms with Gasteiger partial charge < -0.3 is 10.5 Å². The van der Waals surface area contributed by atoms with Crippen molar-refractivity contribution in [2.75, 3.05) is 26.0 Å². The molecule has 1 heterocycles. The fourth-order valence-electron chi connectivity index (χ4n) is 1.62. The maximum atomic E-state index is 12.3. The summed E-state index contributed by atoms with van der Waals surface area (Å²) in [4.78, 5) is 0. The monoisotopic (exact) mass is 278 g/mol. The minimum absolute atomic E-state index is 0.196. The van der Waals surface area contributed by atoms with Crippen LogP contribution in [0.4, 0.5) is 5.69 Å². The quantitative estimate of drug-likeness (QED) is 0.853. The van der Waals surface area contributed by atoms with Crippen LogP contribution in [0.25, 0.3) is 0 Å². The maximum Gasteiger partial charge on any atom is 0.252 e. The number of nitrogen functional groups attached to an aromatic ring is 1. The van der Waals surface area contributed by atoms with Crippen molar-refractivity contribution in [1.29, 1.82) is 0 Å². The predicted octanol–water partition coefficient (Wildman–Crippen LogP) is 1.38. The van der Waals surface area contributed by atoms with Crippen LogP contribution in [0.3, 0.4) is 0 Å². The van der Waals surface area contributed by atoms with Gasteiger partial charge in [0.1, 0.15) is 4.21 Å². The number of likely N-dealkylation sites (N-methyl/N-ethyl adjacent to an activating group) is 1. The Labute approximate surface area is 106 Å². The van der Waals surface area contributed by atoms with E-state index in [0.29, 0.717) is 18.8 Å². The van der Waals surface area contributed by atoms with E-state index < -0.39 is 10.0 Å². The van der Waals surface area contributed by atoms with Crippen molar-refractivity contribution in [3.05, 3.63) is 11.4 Å². The smallest absolute Gasteiger partial charge is 0.252 e. The van der Waals surface area contributed by atoms with Crippen LogP contribution < -0.4 is 5.73 Å². The highest BCUT2D eigenvalue weighted by Gasteiger charge is 2.28. The SMILES string of the molecule is CCN(C(C)COC)S(=O)(=O)c1cc(N)cs1. The third kappa shape index (κ3) is 3.19. The summed E-state index contributed by atoms with van der Waals surface area (Å²) in [6.45, 7) is 4.40. The molecule has 0 aromatic carbocycles. The lowest BCUT2D eigenvalue weighted by molar-refractivity contribution is 0.143. The molecule has 0 saturated heterocycles. The van der Waals surface area contributed by atoms with Crippen LogP contribution in [-0.4, -0.2) is 39.0 Å². The molecule has 5 nitrogen and oxygen atoms in total. The van der Waals surface area contributed by atoms with Gasteiger partial charge in [0.15, 0.2) is 0 Å². The van der Waals surface area contributed by atoms with Crippen LogP contribution in [0.15, 0.2) is 15.7 Å². The Balaban J connectivity index is 3.02. The highest BCUT2D eigenvalue weighted by molar-refractivity contribution is 7.91. The Hall–Kier alpha value is -0.630. The summed E-state index contributed by atoms with van der Waals surface area (Å²) >= 11 is 1.14. The number of hydrogen-bond donors (Lipinski definition) is 1. The van der Waals surface area contributed by atoms with Crippen molar-refractivity contribution in [2.45, 2.75) is 24.1 Å². The second-order valence-electron chi connectivity index (χ2n) is 3.71. The predicted molar refractivity (Wildman–Crippen MR) is 69.6 cm³/mol. The minimum Gasteiger partial charge on any atom is -0.398 e. The summed E-state index contributed by atoms with van der Waals surface area (Å²) in [6.07, 6.45) is 0. The number of nitrogens with zero attached hydrogens (tertiary/aromatic N) is 1. The lowest BCUT2D eigenvalue weighted by Gasteiger charge is -2.25. The summed E-state index contributed by atoms with van der Waals surface area (Å²) in [5.41, 5.74) is 6.03. The first kappa shape index (κ1) is 14.4. The molecule has 1 atom stereocenters. The molecule has 1 unspecified atom stereocenters. The van der Waals surface area contributed by atoms with E-state index in [0.717, 1.165) is 11.3 Å². The summed E-state index contributed by atoms with van der Waals surface area (Å²) in [6, 6.07) is 1.29. The zero-order valence-electron chi connectivity index (χ0n) is 10.2. The first-order valence-electron chi connectivity index (χ1n) is 5.28. The summed E-state index contributed by atoms with van der Waals surface area (Å²) in [5, 5.41) is 1.63. The molecule has 1 rings (SSSR count). The van der Waals surface area contributed by atoms with E-state index >= 15 is 0 Å². The Morgan fingerprint density at radius 3 is 2.65 bits per heavy atom. The zero-order valence-corrected chi connectivity index (χ0v) is 11.8. The van der Waals surface area contributed by atoms with Gasteiger partial charge in [-0.25, -0.2) is 8.42 Å². The summed E-state index contributed by atoms with van der Waals surface area (Å²) in [5.74, 6) is 0. The third-order valence-electron chi connectivity index (χ3n) is 2.37. The van der Waals surface area contributed by atoms with Gasteiger partial charge in [-0.2, -0.15) is 4.31 Å². The van der Waals surface area contributed by atoms with Crippen molar-refractivity contribution >= 4 is 27.0 Å². The van der Waals surface area contributed by atoms with Crippen molar-refractivity contribution in [2.24, 2.45) is 0 Å². The molecule has 0 bridgehead atoms. The fraction of sp³-hybridized carbons (Fsp3) is 0.600. The number of sulfonamides is 1. The molecule has 0 amide bonds. The molecule has 0 aliphatic rings. The molecule has 17 heavy (non-hydrogen) atoms. The Bertz CT molecular complexity index is 456. The number of thiophene rings is 1. The van der Waals surface area contributed by atoms with E-state index in [-0.39, 0.29) is 10.3 Å². The van der Waals surface area contributed by atoms with Crippen LogP contribution in [0.2, 0.25) is 0 Å². The van der Waals surface area contributed by atoms with E-state index in [9.17, 15) is 8.42 Å². The number of ether oxygens (including phenoxy) is 1. The highest BCUT2D eigenvalue weighted by Crippen LogP contribution is 2.26. The molecule has 0 aliphatic heterocycles. The molecule has 0 fully saturated rings. The first-order valence-corrected chi connectivity index (χ1v) is 7.60. The van der Waals surface area contributed by atoms with Gasteiger partial charge in [-0.15, -0.1) is 11.3 Å². The van der Waals surface area contributed by atoms with E-state index in [1.54, 1.807) is 19.4 Å². The summed E-state index contributed by atoms with van der Waals surface area (Å²) < 4.78 is 31.3. The second kappa shape index (κ2) is 5.81. The van der Waals surface area contributed by atoms with E-state index in [1.165, 1.54) is 10.4 Å². The number of methoxy groups -OCH3 is 1. The van der Waals surface area contributed by atoms with Crippen LogP contribution >= 0.6 is 11.3 Å². The Kier molecular flexibility index (Phi) is 4.93. The van der Waals surface area contributed by atoms with Gasteiger partial charge in [0, 0.05) is 30.8 Å². The van der Waals surface area contributed by atoms with Crippen LogP contribution in [0, 0.1) is 0 Å². The van der Waals surface area contributed by atoms with Crippen molar-refractivity contribution in [1.82, 2.24) is 4.31 Å². The molecular weight excluding hydrogens is 260 g/mol. The molecule has 98 valence electrons. The highest BCUT2D eigenvalue weighted by atomic mass is 32.2. The molecule has 0 aliphatic carbocycles. The normalized spacial score (nSPS) is 14.1. The molecule has 7 heteroatoms. The molecule has 2 N–H and O–H groups in total. The topological polar surface area (TPSA) is 72.6 Å². The Morgan fingerprint density at radius 1 is 1.59 bits per heavy atom. The summed E-state index contributed by atoms with van der Waals surface area (Å²) in [7, 11) is -1.90. The molecule has 0 radical (unpaired) electrons. The average molecular weight is 278 g/mol. The van der Waals surface area contributed by atoms with E-state index in [2.05, 4.69) is 0 Å². The van der Waals surface area contributed by atoms with Gasteiger partial charge in [0.25, 0.3) is 10.0 Å². The van der Waals surface area contributed by atoms with Gasteiger partial charge in [0.05, 0.1) is 6.61 Å². The van der Waals surface area contributed by atoms with E-state index in [1.807, 2.05) is 6.92 Å². The fourth-order valence-corrected chi connectivity index (χ4v) is 4.46. The number of anilines is 1. The largest absolute Gasteiger partial charge is 0.398 e. The standard InChI is InChI=1S/C10H18N2O3S2/c1-4-12(8(2)6-15-3)17(13,14)10-5-9(11)7-16-10/h5,7-8H,4,6,11H2,1-3H3. The average Bonchev–Trinajstić information content (AvgIpc) is 2.66. The van der Waals surface area contributed by atoms with Crippen molar-refractivity contribution in [3.63, 3.8) is 0 Å². The third-order valence-corrected chi connectivity index (χ3v) is 5.89. The van der Waals surface area contributed by atoms with Crippen LogP contribution in [0.1, 0.15) is 13.8 Å². The van der Waals surface area contributed by atoms with Gasteiger partial charge >= 0.3 is 0 Å². The molecular formula is C10H18N2O3S2. The number of rotatable bonds is 6. The van der Waals surface area contributed by atoms with Crippen LogP contribution in [-0.2, 0) is 14.8 Å². The second-order valence-corrected chi connectivity index (χ2v) is 6.74. The molecule has 1 aromatic rings. The minimum atomic E-state index is -3.46. The molecule has 0 spiro atoms. The maximum absolute atomic E-state index is 12.3. The number of hydrogen-bond acceptors (Lipinski definition) is 5. The zero-order chi connectivity index (χ0) is 13.1. The van der Waals surface area contributed by atoms with Gasteiger partial charge in [-0.3, -0.25) is 0 Å². The van der Waals surface area contributed by atoms with Gasteiger partial charge in [-0.05, 0) is 13.0 Å².